The van der Waals surface area contributed by atoms with Gasteiger partial charge in [-0.2, -0.15) is 13.2 Å². The number of likely N-dealkylation sites (tertiary alicyclic amines) is 1. The molecule has 44 heavy (non-hydrogen) atoms. The molecule has 0 saturated carbocycles. The molecule has 10 nitrogen and oxygen atoms in total. The molecule has 6 rings (SSSR count). The van der Waals surface area contributed by atoms with Gasteiger partial charge in [0.1, 0.15) is 5.56 Å². The van der Waals surface area contributed by atoms with Crippen molar-refractivity contribution < 1.29 is 31.5 Å². The van der Waals surface area contributed by atoms with Crippen LogP contribution >= 0.6 is 0 Å². The molecule has 1 aliphatic rings. The van der Waals surface area contributed by atoms with Gasteiger partial charge in [0.2, 0.25) is 5.95 Å². The highest BCUT2D eigenvalue weighted by Gasteiger charge is 2.37. The zero-order valence-electron chi connectivity index (χ0n) is 22.9. The summed E-state index contributed by atoms with van der Waals surface area (Å²) in [5.74, 6) is -0.135. The Balaban J connectivity index is 1.53. The number of hydrogen-bond acceptors (Lipinski definition) is 7. The molecule has 0 aliphatic carbocycles. The molecule has 0 spiro atoms. The van der Waals surface area contributed by atoms with E-state index in [-0.39, 0.29) is 33.9 Å². The van der Waals surface area contributed by atoms with Crippen LogP contribution in [0.5, 0.6) is 0 Å². The van der Waals surface area contributed by atoms with E-state index in [1.54, 1.807) is 60.9 Å². The van der Waals surface area contributed by atoms with E-state index in [4.69, 9.17) is 0 Å². The monoisotopic (exact) mass is 622 g/mol. The Kier molecular flexibility index (Phi) is 7.45. The fraction of sp³-hybridized carbons (Fsp3) is 0.200. The van der Waals surface area contributed by atoms with Crippen LogP contribution in [0, 0.1) is 0 Å². The highest BCUT2D eigenvalue weighted by molar-refractivity contribution is 7.90. The number of nitrogens with one attached hydrogen (secondary N) is 1. The number of carbonyl (C=O) groups is 1. The van der Waals surface area contributed by atoms with E-state index in [0.29, 0.717) is 36.7 Å². The zero-order valence-corrected chi connectivity index (χ0v) is 23.8. The topological polar surface area (TPSA) is 130 Å². The lowest BCUT2D eigenvalue weighted by Gasteiger charge is -2.31. The number of halogens is 3. The van der Waals surface area contributed by atoms with Crippen LogP contribution in [0.2, 0.25) is 0 Å². The third kappa shape index (κ3) is 5.55. The van der Waals surface area contributed by atoms with Gasteiger partial charge in [0.25, 0.3) is 10.0 Å². The van der Waals surface area contributed by atoms with Crippen molar-refractivity contribution in [2.75, 3.05) is 18.4 Å². The van der Waals surface area contributed by atoms with Gasteiger partial charge in [-0.25, -0.2) is 27.2 Å². The average molecular weight is 623 g/mol. The van der Waals surface area contributed by atoms with Crippen molar-refractivity contribution in [3.63, 3.8) is 0 Å². The van der Waals surface area contributed by atoms with Crippen LogP contribution in [0.1, 0.15) is 18.4 Å². The van der Waals surface area contributed by atoms with Crippen LogP contribution in [0.25, 0.3) is 33.3 Å². The number of nitrogens with zero attached hydrogens (tertiary/aromatic N) is 5. The molecule has 0 bridgehead atoms. The molecule has 4 heterocycles. The Morgan fingerprint density at radius 1 is 1.02 bits per heavy atom. The first-order chi connectivity index (χ1) is 21.0. The number of anilines is 1. The van der Waals surface area contributed by atoms with Gasteiger partial charge < -0.3 is 15.3 Å². The summed E-state index contributed by atoms with van der Waals surface area (Å²) in [5, 5.41) is 12.6. The van der Waals surface area contributed by atoms with Gasteiger partial charge in [-0.3, -0.25) is 4.98 Å². The molecule has 1 amide bonds. The molecule has 226 valence electrons. The molecular weight excluding hydrogens is 597 g/mol. The first-order valence-corrected chi connectivity index (χ1v) is 15.0. The number of rotatable bonds is 6. The Morgan fingerprint density at radius 2 is 1.82 bits per heavy atom. The zero-order chi connectivity index (χ0) is 31.1. The number of fused-ring (bicyclic) bond motifs is 1. The Morgan fingerprint density at radius 3 is 2.52 bits per heavy atom. The Hall–Kier alpha value is -4.98. The van der Waals surface area contributed by atoms with Gasteiger partial charge >= 0.3 is 12.3 Å². The smallest absolute Gasteiger partial charge is 0.419 e. The quantitative estimate of drug-likeness (QED) is 0.237. The van der Waals surface area contributed by atoms with E-state index in [2.05, 4.69) is 20.3 Å². The largest absolute Gasteiger partial charge is 0.465 e. The summed E-state index contributed by atoms with van der Waals surface area (Å²) in [5.41, 5.74) is -0.274. The summed E-state index contributed by atoms with van der Waals surface area (Å²) in [6.45, 7) is 0.462. The van der Waals surface area contributed by atoms with Crippen LogP contribution in [-0.2, 0) is 16.2 Å². The van der Waals surface area contributed by atoms with Crippen molar-refractivity contribution >= 4 is 33.0 Å². The predicted octanol–water partition coefficient (Wildman–Crippen LogP) is 5.97. The fourth-order valence-electron chi connectivity index (χ4n) is 5.32. The van der Waals surface area contributed by atoms with Crippen molar-refractivity contribution in [2.45, 2.75) is 30.0 Å². The molecule has 1 saturated heterocycles. The summed E-state index contributed by atoms with van der Waals surface area (Å²) in [6.07, 6.45) is 0.160. The second-order valence-electron chi connectivity index (χ2n) is 10.3. The maximum absolute atomic E-state index is 14.4. The van der Waals surface area contributed by atoms with Gasteiger partial charge in [0.15, 0.2) is 0 Å². The van der Waals surface area contributed by atoms with E-state index >= 15 is 0 Å². The SMILES string of the molecule is O=C(O)N1CCC[C@H](Nc2ncc(C(F)(F)F)c(-c3cn(S(=O)(=O)c4ccccc4)c4cc(-c5cccnc5)ccc34)n2)C1. The number of aromatic nitrogens is 4. The number of hydrogen-bond donors (Lipinski definition) is 2. The van der Waals surface area contributed by atoms with Gasteiger partial charge in [-0.15, -0.1) is 0 Å². The minimum atomic E-state index is -4.86. The van der Waals surface area contributed by atoms with E-state index in [1.165, 1.54) is 17.0 Å². The van der Waals surface area contributed by atoms with Crippen LogP contribution in [0.15, 0.2) is 90.3 Å². The first-order valence-electron chi connectivity index (χ1n) is 13.6. The molecule has 0 radical (unpaired) electrons. The molecule has 5 aromatic rings. The molecule has 2 N–H and O–H groups in total. The number of benzene rings is 2. The Labute approximate surface area is 249 Å². The third-order valence-corrected chi connectivity index (χ3v) is 9.13. The minimum Gasteiger partial charge on any atom is -0.465 e. The molecule has 1 aliphatic heterocycles. The summed E-state index contributed by atoms with van der Waals surface area (Å²) >= 11 is 0. The Bertz CT molecular complexity index is 1950. The molecule has 3 aromatic heterocycles. The summed E-state index contributed by atoms with van der Waals surface area (Å²) < 4.78 is 71.8. The molecule has 2 aromatic carbocycles. The van der Waals surface area contributed by atoms with Crippen LogP contribution < -0.4 is 5.32 Å². The van der Waals surface area contributed by atoms with Crippen molar-refractivity contribution in [1.82, 2.24) is 23.8 Å². The summed E-state index contributed by atoms with van der Waals surface area (Å²) in [4.78, 5) is 24.9. The summed E-state index contributed by atoms with van der Waals surface area (Å²) in [6, 6.07) is 15.5. The lowest BCUT2D eigenvalue weighted by Crippen LogP contribution is -2.44. The number of piperidine rings is 1. The van der Waals surface area contributed by atoms with Crippen LogP contribution in [0.4, 0.5) is 23.9 Å². The normalized spacial score (nSPS) is 15.8. The van der Waals surface area contributed by atoms with Crippen LogP contribution in [-0.4, -0.2) is 62.6 Å². The van der Waals surface area contributed by atoms with Crippen molar-refractivity contribution in [1.29, 1.82) is 0 Å². The maximum atomic E-state index is 14.4. The van der Waals surface area contributed by atoms with E-state index in [1.807, 2.05) is 0 Å². The highest BCUT2D eigenvalue weighted by Crippen LogP contribution is 2.41. The number of carboxylic acid groups (broad SMARTS) is 1. The van der Waals surface area contributed by atoms with Crippen LogP contribution in [0.3, 0.4) is 0 Å². The number of pyridine rings is 1. The van der Waals surface area contributed by atoms with Gasteiger partial charge in [0.05, 0.1) is 16.1 Å². The first kappa shape index (κ1) is 29.1. The molecule has 14 heteroatoms. The molecule has 1 fully saturated rings. The maximum Gasteiger partial charge on any atom is 0.419 e. The molecule has 0 unspecified atom stereocenters. The second-order valence-corrected chi connectivity index (χ2v) is 12.1. The third-order valence-electron chi connectivity index (χ3n) is 7.44. The van der Waals surface area contributed by atoms with Crippen molar-refractivity contribution in [3.05, 3.63) is 91.0 Å². The highest BCUT2D eigenvalue weighted by atomic mass is 32.2. The van der Waals surface area contributed by atoms with Gasteiger partial charge in [-0.1, -0.05) is 36.4 Å². The minimum absolute atomic E-state index is 0.0448. The van der Waals surface area contributed by atoms with Crippen molar-refractivity contribution in [2.24, 2.45) is 0 Å². The van der Waals surface area contributed by atoms with Gasteiger partial charge in [-0.05, 0) is 42.7 Å². The van der Waals surface area contributed by atoms with E-state index in [0.717, 1.165) is 10.2 Å². The van der Waals surface area contributed by atoms with E-state index in [9.17, 15) is 31.5 Å². The lowest BCUT2D eigenvalue weighted by molar-refractivity contribution is -0.137. The average Bonchev–Trinajstić information content (AvgIpc) is 3.41. The van der Waals surface area contributed by atoms with Gasteiger partial charge in [0, 0.05) is 60.4 Å². The molecular formula is C30H25F3N6O4S. The fourth-order valence-corrected chi connectivity index (χ4v) is 6.70. The lowest BCUT2D eigenvalue weighted by atomic mass is 10.0. The number of alkyl halides is 3. The predicted molar refractivity (Wildman–Crippen MR) is 156 cm³/mol. The second kappa shape index (κ2) is 11.3. The molecule has 1 atom stereocenters. The standard InChI is InChI=1S/C30H25F3N6O4S/c31-30(32,33)25-16-35-28(36-21-7-5-13-38(17-21)29(40)41)37-27(25)24-18-39(44(42,43)22-8-2-1-3-9-22)26-14-19(10-11-23(24)26)20-6-4-12-34-15-20/h1-4,6,8-12,14-16,18,21H,5,7,13,17H2,(H,40,41)(H,35,36,37)/t21-/m0/s1. The summed E-state index contributed by atoms with van der Waals surface area (Å²) in [7, 11) is -4.25. The van der Waals surface area contributed by atoms with Crippen molar-refractivity contribution in [3.8, 4) is 22.4 Å². The number of amides is 1. The van der Waals surface area contributed by atoms with E-state index < -0.39 is 39.6 Å².